The highest BCUT2D eigenvalue weighted by atomic mass is 127. The molecule has 0 unspecified atom stereocenters. The number of quaternary nitrogens is 1. The molecule has 0 heterocycles. The van der Waals surface area contributed by atoms with Gasteiger partial charge >= 0.3 is 0 Å². The van der Waals surface area contributed by atoms with Gasteiger partial charge in [-0.2, -0.15) is 0 Å². The minimum absolute atomic E-state index is 0. The number of benzene rings is 1. The molecular weight excluding hydrogens is 421 g/mol. The summed E-state index contributed by atoms with van der Waals surface area (Å²) in [7, 11) is 2.55. The molecule has 0 saturated heterocycles. The molecule has 142 valence electrons. The number of rotatable bonds is 6. The van der Waals surface area contributed by atoms with E-state index in [0.29, 0.717) is 0 Å². The van der Waals surface area contributed by atoms with Gasteiger partial charge in [-0.3, -0.25) is 0 Å². The molecule has 0 aliphatic heterocycles. The van der Waals surface area contributed by atoms with Gasteiger partial charge in [0.2, 0.25) is 0 Å². The van der Waals surface area contributed by atoms with Gasteiger partial charge in [-0.25, -0.2) is 0 Å². The van der Waals surface area contributed by atoms with Crippen LogP contribution < -0.4 is 28.7 Å². The van der Waals surface area contributed by atoms with Gasteiger partial charge in [-0.15, -0.1) is 0 Å². The maximum absolute atomic E-state index is 6.15. The van der Waals surface area contributed by atoms with Crippen LogP contribution in [0.25, 0.3) is 0 Å². The van der Waals surface area contributed by atoms with Crippen LogP contribution in [0.1, 0.15) is 69.8 Å². The van der Waals surface area contributed by atoms with Crippen LogP contribution in [-0.4, -0.2) is 36.8 Å². The van der Waals surface area contributed by atoms with E-state index in [1.807, 2.05) is 0 Å². The molecule has 0 bridgehead atoms. The Labute approximate surface area is 171 Å². The molecule has 3 heteroatoms. The van der Waals surface area contributed by atoms with E-state index in [-0.39, 0.29) is 24.0 Å². The highest BCUT2D eigenvalue weighted by molar-refractivity contribution is 5.27. The van der Waals surface area contributed by atoms with E-state index in [1.54, 1.807) is 0 Å². The second-order valence-electron chi connectivity index (χ2n) is 8.32. The second kappa shape index (κ2) is 10.1. The first-order chi connectivity index (χ1) is 11.7. The first-order valence-corrected chi connectivity index (χ1v) is 10.2. The number of hydrogen-bond acceptors (Lipinski definition) is 1. The van der Waals surface area contributed by atoms with Crippen molar-refractivity contribution in [3.05, 3.63) is 29.8 Å². The molecular formula is C22H36INO. The summed E-state index contributed by atoms with van der Waals surface area (Å²) >= 11 is 0. The summed E-state index contributed by atoms with van der Waals surface area (Å²) in [5.41, 5.74) is 1.28. The smallest absolute Gasteiger partial charge is 0.137 e. The molecule has 0 spiro atoms. The maximum Gasteiger partial charge on any atom is 0.137 e. The Morgan fingerprint density at radius 2 is 1.48 bits per heavy atom. The molecule has 0 N–H and O–H groups in total. The van der Waals surface area contributed by atoms with Gasteiger partial charge in [0, 0.05) is 0 Å². The Morgan fingerprint density at radius 3 is 2.00 bits per heavy atom. The Bertz CT molecular complexity index is 489. The molecule has 2 fully saturated rings. The van der Waals surface area contributed by atoms with E-state index >= 15 is 0 Å². The number of aryl methyl sites for hydroxylation is 1. The van der Waals surface area contributed by atoms with Crippen LogP contribution in [-0.2, 0) is 0 Å². The van der Waals surface area contributed by atoms with Gasteiger partial charge in [0.25, 0.3) is 0 Å². The van der Waals surface area contributed by atoms with Gasteiger partial charge in [0.15, 0.2) is 0 Å². The van der Waals surface area contributed by atoms with Crippen molar-refractivity contribution in [1.82, 2.24) is 0 Å². The first-order valence-electron chi connectivity index (χ1n) is 10.2. The highest BCUT2D eigenvalue weighted by Crippen LogP contribution is 2.35. The molecule has 2 saturated carbocycles. The van der Waals surface area contributed by atoms with E-state index in [4.69, 9.17) is 4.74 Å². The lowest BCUT2D eigenvalue weighted by Crippen LogP contribution is -3.00. The molecule has 1 aromatic carbocycles. The van der Waals surface area contributed by atoms with E-state index < -0.39 is 0 Å². The SMILES string of the molecule is Cc1cccc(OCC[N+](C)(C2CCCCC2)C2CCCCC2)c1.[I-]. The zero-order valence-electron chi connectivity index (χ0n) is 16.2. The predicted molar refractivity (Wildman–Crippen MR) is 101 cm³/mol. The van der Waals surface area contributed by atoms with Crippen molar-refractivity contribution in [2.75, 3.05) is 20.2 Å². The number of ether oxygens (including phenoxy) is 1. The summed E-state index contributed by atoms with van der Waals surface area (Å²) in [4.78, 5) is 0. The molecule has 0 atom stereocenters. The molecule has 2 nitrogen and oxygen atoms in total. The normalized spacial score (nSPS) is 20.1. The summed E-state index contributed by atoms with van der Waals surface area (Å²) in [6.07, 6.45) is 14.3. The van der Waals surface area contributed by atoms with Crippen LogP contribution >= 0.6 is 0 Å². The Morgan fingerprint density at radius 1 is 0.920 bits per heavy atom. The lowest BCUT2D eigenvalue weighted by Gasteiger charge is -2.50. The van der Waals surface area contributed by atoms with Crippen LogP contribution in [0.5, 0.6) is 5.75 Å². The van der Waals surface area contributed by atoms with Crippen molar-refractivity contribution in [1.29, 1.82) is 0 Å². The van der Waals surface area contributed by atoms with E-state index in [1.165, 1.54) is 80.8 Å². The van der Waals surface area contributed by atoms with Crippen molar-refractivity contribution in [3.8, 4) is 5.75 Å². The lowest BCUT2D eigenvalue weighted by molar-refractivity contribution is -0.958. The Balaban J connectivity index is 0.00000225. The number of likely N-dealkylation sites (N-methyl/N-ethyl adjacent to an activating group) is 1. The van der Waals surface area contributed by atoms with Gasteiger partial charge < -0.3 is 33.2 Å². The van der Waals surface area contributed by atoms with Crippen LogP contribution in [0.2, 0.25) is 0 Å². The number of halogens is 1. The van der Waals surface area contributed by atoms with Crippen molar-refractivity contribution in [2.24, 2.45) is 0 Å². The summed E-state index contributed by atoms with van der Waals surface area (Å²) < 4.78 is 7.42. The zero-order valence-corrected chi connectivity index (χ0v) is 18.3. The van der Waals surface area contributed by atoms with Gasteiger partial charge in [0.1, 0.15) is 18.9 Å². The van der Waals surface area contributed by atoms with Crippen LogP contribution in [0.4, 0.5) is 0 Å². The van der Waals surface area contributed by atoms with E-state index in [2.05, 4.69) is 38.2 Å². The third-order valence-corrected chi connectivity index (χ3v) is 6.65. The minimum atomic E-state index is 0. The minimum Gasteiger partial charge on any atom is -1.00 e. The third-order valence-electron chi connectivity index (χ3n) is 6.65. The summed E-state index contributed by atoms with van der Waals surface area (Å²) in [6.45, 7) is 4.16. The third kappa shape index (κ3) is 5.59. The van der Waals surface area contributed by atoms with Crippen LogP contribution in [0, 0.1) is 6.92 Å². The molecule has 0 radical (unpaired) electrons. The largest absolute Gasteiger partial charge is 1.00 e. The molecule has 2 aliphatic rings. The lowest BCUT2D eigenvalue weighted by atomic mass is 9.86. The Kier molecular flexibility index (Phi) is 8.53. The van der Waals surface area contributed by atoms with Crippen LogP contribution in [0.15, 0.2) is 24.3 Å². The second-order valence-corrected chi connectivity index (χ2v) is 8.32. The fourth-order valence-electron chi connectivity index (χ4n) is 5.07. The summed E-state index contributed by atoms with van der Waals surface area (Å²) in [6, 6.07) is 10.2. The molecule has 3 rings (SSSR count). The van der Waals surface area contributed by atoms with Gasteiger partial charge in [-0.05, 0) is 76.0 Å². The molecule has 25 heavy (non-hydrogen) atoms. The number of nitrogens with zero attached hydrogens (tertiary/aromatic N) is 1. The standard InChI is InChI=1S/C22H36NO.HI/c1-19-10-9-15-22(18-19)24-17-16-23(2,20-11-5-3-6-12-20)21-13-7-4-8-14-21;/h9-10,15,18,20-21H,3-8,11-14,16-17H2,1-2H3;1H/q+1;/p-1. The molecule has 1 aromatic rings. The van der Waals surface area contributed by atoms with Crippen molar-refractivity contribution < 1.29 is 33.2 Å². The fourth-order valence-corrected chi connectivity index (χ4v) is 5.07. The molecule has 2 aliphatic carbocycles. The van der Waals surface area contributed by atoms with Crippen molar-refractivity contribution >= 4 is 0 Å². The topological polar surface area (TPSA) is 9.23 Å². The van der Waals surface area contributed by atoms with E-state index in [0.717, 1.165) is 24.4 Å². The predicted octanol–water partition coefficient (Wildman–Crippen LogP) is 2.49. The highest BCUT2D eigenvalue weighted by Gasteiger charge is 2.40. The zero-order chi connectivity index (χ0) is 16.8. The monoisotopic (exact) mass is 457 g/mol. The van der Waals surface area contributed by atoms with Crippen LogP contribution in [0.3, 0.4) is 0 Å². The quantitative estimate of drug-likeness (QED) is 0.471. The van der Waals surface area contributed by atoms with E-state index in [9.17, 15) is 0 Å². The molecule has 0 amide bonds. The number of hydrogen-bond donors (Lipinski definition) is 0. The average Bonchev–Trinajstić information content (AvgIpc) is 2.63. The molecule has 0 aromatic heterocycles. The first kappa shape index (κ1) is 21.0. The average molecular weight is 457 g/mol. The van der Waals surface area contributed by atoms with Gasteiger partial charge in [-0.1, -0.05) is 25.0 Å². The van der Waals surface area contributed by atoms with Crippen molar-refractivity contribution in [2.45, 2.75) is 83.2 Å². The van der Waals surface area contributed by atoms with Gasteiger partial charge in [0.05, 0.1) is 19.1 Å². The maximum atomic E-state index is 6.15. The summed E-state index contributed by atoms with van der Waals surface area (Å²) in [5, 5.41) is 0. The Hall–Kier alpha value is -0.290. The summed E-state index contributed by atoms with van der Waals surface area (Å²) in [5.74, 6) is 1.04. The van der Waals surface area contributed by atoms with Crippen molar-refractivity contribution in [3.63, 3.8) is 0 Å². The fraction of sp³-hybridized carbons (Fsp3) is 0.727.